The SMILES string of the molecule is CCOC(=O)N1CCN(C(=O)CCCc2c(-c3ccccn3)[nH]c3ccc(F)cc23)CC1. The number of hydrogen-bond donors (Lipinski definition) is 1. The minimum Gasteiger partial charge on any atom is -0.450 e. The lowest BCUT2D eigenvalue weighted by Gasteiger charge is -2.34. The third-order valence-corrected chi connectivity index (χ3v) is 5.77. The van der Waals surface area contributed by atoms with Crippen molar-refractivity contribution in [3.05, 3.63) is 54.0 Å². The molecular formula is C24H27FN4O3. The molecule has 0 atom stereocenters. The van der Waals surface area contributed by atoms with Crippen molar-refractivity contribution < 1.29 is 18.7 Å². The van der Waals surface area contributed by atoms with E-state index in [4.69, 9.17) is 4.74 Å². The number of nitrogens with zero attached hydrogens (tertiary/aromatic N) is 3. The summed E-state index contributed by atoms with van der Waals surface area (Å²) in [5.74, 6) is -0.222. The highest BCUT2D eigenvalue weighted by Crippen LogP contribution is 2.31. The van der Waals surface area contributed by atoms with Crippen molar-refractivity contribution in [3.63, 3.8) is 0 Å². The molecule has 0 unspecified atom stereocenters. The lowest BCUT2D eigenvalue weighted by atomic mass is 10.0. The first kappa shape index (κ1) is 21.8. The number of H-pyrrole nitrogens is 1. The van der Waals surface area contributed by atoms with Gasteiger partial charge >= 0.3 is 6.09 Å². The minimum absolute atomic E-state index is 0.0684. The summed E-state index contributed by atoms with van der Waals surface area (Å²) in [6.45, 7) is 4.10. The third-order valence-electron chi connectivity index (χ3n) is 5.77. The van der Waals surface area contributed by atoms with E-state index in [9.17, 15) is 14.0 Å². The first-order chi connectivity index (χ1) is 15.6. The van der Waals surface area contributed by atoms with Crippen LogP contribution in [0.5, 0.6) is 0 Å². The van der Waals surface area contributed by atoms with Crippen LogP contribution in [0.25, 0.3) is 22.3 Å². The summed E-state index contributed by atoms with van der Waals surface area (Å²) in [5.41, 5.74) is 3.48. The second-order valence-corrected chi connectivity index (χ2v) is 7.80. The zero-order chi connectivity index (χ0) is 22.5. The number of carbonyl (C=O) groups is 2. The molecule has 1 fully saturated rings. The van der Waals surface area contributed by atoms with Crippen molar-refractivity contribution in [3.8, 4) is 11.4 Å². The van der Waals surface area contributed by atoms with Gasteiger partial charge in [0.1, 0.15) is 5.82 Å². The number of fused-ring (bicyclic) bond motifs is 1. The fraction of sp³-hybridized carbons (Fsp3) is 0.375. The van der Waals surface area contributed by atoms with E-state index in [1.807, 2.05) is 18.2 Å². The maximum Gasteiger partial charge on any atom is 0.409 e. The minimum atomic E-state index is -0.326. The van der Waals surface area contributed by atoms with E-state index < -0.39 is 0 Å². The summed E-state index contributed by atoms with van der Waals surface area (Å²) in [4.78, 5) is 35.8. The number of nitrogens with one attached hydrogen (secondary N) is 1. The van der Waals surface area contributed by atoms with Gasteiger partial charge in [0.15, 0.2) is 0 Å². The highest BCUT2D eigenvalue weighted by Gasteiger charge is 2.24. The first-order valence-corrected chi connectivity index (χ1v) is 11.0. The molecule has 1 aliphatic heterocycles. The van der Waals surface area contributed by atoms with Crippen LogP contribution >= 0.6 is 0 Å². The van der Waals surface area contributed by atoms with E-state index >= 15 is 0 Å². The van der Waals surface area contributed by atoms with Crippen molar-refractivity contribution in [1.82, 2.24) is 19.8 Å². The number of rotatable bonds is 6. The molecular weight excluding hydrogens is 411 g/mol. The van der Waals surface area contributed by atoms with Crippen LogP contribution in [0.15, 0.2) is 42.6 Å². The summed E-state index contributed by atoms with van der Waals surface area (Å²) < 4.78 is 19.0. The second kappa shape index (κ2) is 9.80. The van der Waals surface area contributed by atoms with Crippen LogP contribution in [0.1, 0.15) is 25.3 Å². The number of halogens is 1. The van der Waals surface area contributed by atoms with E-state index in [1.54, 1.807) is 29.0 Å². The maximum absolute atomic E-state index is 13.9. The van der Waals surface area contributed by atoms with Crippen molar-refractivity contribution in [1.29, 1.82) is 0 Å². The topological polar surface area (TPSA) is 78.5 Å². The molecule has 168 valence electrons. The van der Waals surface area contributed by atoms with Crippen LogP contribution in [0.3, 0.4) is 0 Å². The molecule has 0 aliphatic carbocycles. The average Bonchev–Trinajstić information content (AvgIpc) is 3.17. The molecule has 1 N–H and O–H groups in total. The second-order valence-electron chi connectivity index (χ2n) is 7.80. The predicted molar refractivity (Wildman–Crippen MR) is 120 cm³/mol. The van der Waals surface area contributed by atoms with Gasteiger partial charge in [-0.1, -0.05) is 6.07 Å². The van der Waals surface area contributed by atoms with Crippen LogP contribution in [-0.2, 0) is 16.0 Å². The molecule has 8 heteroatoms. The van der Waals surface area contributed by atoms with Gasteiger partial charge < -0.3 is 19.5 Å². The largest absolute Gasteiger partial charge is 0.450 e. The Morgan fingerprint density at radius 2 is 1.91 bits per heavy atom. The molecule has 1 saturated heterocycles. The van der Waals surface area contributed by atoms with Crippen molar-refractivity contribution in [2.24, 2.45) is 0 Å². The molecule has 3 aromatic rings. The summed E-state index contributed by atoms with van der Waals surface area (Å²) >= 11 is 0. The first-order valence-electron chi connectivity index (χ1n) is 11.0. The summed E-state index contributed by atoms with van der Waals surface area (Å²) in [6.07, 6.45) is 3.06. The van der Waals surface area contributed by atoms with Crippen molar-refractivity contribution in [2.75, 3.05) is 32.8 Å². The van der Waals surface area contributed by atoms with Gasteiger partial charge in [-0.2, -0.15) is 0 Å². The summed E-state index contributed by atoms with van der Waals surface area (Å²) in [6, 6.07) is 10.4. The highest BCUT2D eigenvalue weighted by atomic mass is 19.1. The molecule has 4 rings (SSSR count). The molecule has 2 aromatic heterocycles. The van der Waals surface area contributed by atoms with Gasteiger partial charge in [0, 0.05) is 49.7 Å². The zero-order valence-electron chi connectivity index (χ0n) is 18.1. The number of pyridine rings is 1. The Bertz CT molecular complexity index is 1090. The van der Waals surface area contributed by atoms with E-state index in [2.05, 4.69) is 9.97 Å². The van der Waals surface area contributed by atoms with E-state index in [0.29, 0.717) is 52.0 Å². The van der Waals surface area contributed by atoms with E-state index in [1.165, 1.54) is 12.1 Å². The standard InChI is InChI=1S/C24H27FN4O3/c1-2-32-24(31)29-14-12-28(13-15-29)22(30)8-5-6-18-19-16-17(25)9-10-20(19)27-23(18)21-7-3-4-11-26-21/h3-4,7,9-11,16,27H,2,5-6,8,12-15H2,1H3. The van der Waals surface area contributed by atoms with Crippen molar-refractivity contribution in [2.45, 2.75) is 26.2 Å². The van der Waals surface area contributed by atoms with Gasteiger partial charge in [-0.15, -0.1) is 0 Å². The zero-order valence-corrected chi connectivity index (χ0v) is 18.1. The lowest BCUT2D eigenvalue weighted by molar-refractivity contribution is -0.132. The number of aromatic nitrogens is 2. The number of ether oxygens (including phenoxy) is 1. The molecule has 1 aromatic carbocycles. The van der Waals surface area contributed by atoms with Crippen LogP contribution in [-0.4, -0.2) is 64.6 Å². The number of carbonyl (C=O) groups excluding carboxylic acids is 2. The third kappa shape index (κ3) is 4.74. The van der Waals surface area contributed by atoms with Gasteiger partial charge in [0.2, 0.25) is 5.91 Å². The Kier molecular flexibility index (Phi) is 6.68. The van der Waals surface area contributed by atoms with E-state index in [0.717, 1.165) is 27.9 Å². The molecule has 1 aliphatic rings. The Balaban J connectivity index is 1.41. The molecule has 32 heavy (non-hydrogen) atoms. The van der Waals surface area contributed by atoms with Gasteiger partial charge in [0.05, 0.1) is 18.0 Å². The molecule has 0 saturated carbocycles. The Labute approximate surface area is 186 Å². The predicted octanol–water partition coefficient (Wildman–Crippen LogP) is 3.99. The highest BCUT2D eigenvalue weighted by molar-refractivity contribution is 5.90. The molecule has 3 heterocycles. The number of hydrogen-bond acceptors (Lipinski definition) is 4. The Morgan fingerprint density at radius 1 is 1.12 bits per heavy atom. The molecule has 0 spiro atoms. The van der Waals surface area contributed by atoms with E-state index in [-0.39, 0.29) is 17.8 Å². The summed E-state index contributed by atoms with van der Waals surface area (Å²) in [7, 11) is 0. The monoisotopic (exact) mass is 438 g/mol. The van der Waals surface area contributed by atoms with Gasteiger partial charge in [-0.25, -0.2) is 9.18 Å². The average molecular weight is 439 g/mol. The quantitative estimate of drug-likeness (QED) is 0.631. The van der Waals surface area contributed by atoms with Gasteiger partial charge in [0.25, 0.3) is 0 Å². The van der Waals surface area contributed by atoms with Crippen LogP contribution in [0, 0.1) is 5.82 Å². The number of benzene rings is 1. The molecule has 7 nitrogen and oxygen atoms in total. The van der Waals surface area contributed by atoms with Gasteiger partial charge in [-0.3, -0.25) is 9.78 Å². The van der Waals surface area contributed by atoms with Crippen LogP contribution in [0.4, 0.5) is 9.18 Å². The maximum atomic E-state index is 13.9. The normalized spacial score (nSPS) is 14.1. The van der Waals surface area contributed by atoms with Crippen molar-refractivity contribution >= 4 is 22.9 Å². The number of amides is 2. The van der Waals surface area contributed by atoms with Gasteiger partial charge in [-0.05, 0) is 55.7 Å². The Morgan fingerprint density at radius 3 is 2.62 bits per heavy atom. The number of aromatic amines is 1. The fourth-order valence-electron chi connectivity index (χ4n) is 4.14. The molecule has 0 bridgehead atoms. The number of aryl methyl sites for hydroxylation is 1. The smallest absolute Gasteiger partial charge is 0.409 e. The number of piperazine rings is 1. The molecule has 0 radical (unpaired) electrons. The van der Waals surface area contributed by atoms with Crippen LogP contribution < -0.4 is 0 Å². The summed E-state index contributed by atoms with van der Waals surface area (Å²) in [5, 5.41) is 0.821. The fourth-order valence-corrected chi connectivity index (χ4v) is 4.14. The Hall–Kier alpha value is -3.42. The van der Waals surface area contributed by atoms with Crippen LogP contribution in [0.2, 0.25) is 0 Å². The lowest BCUT2D eigenvalue weighted by Crippen LogP contribution is -2.50. The molecule has 2 amide bonds.